The predicted molar refractivity (Wildman–Crippen MR) is 103 cm³/mol. The highest BCUT2D eigenvalue weighted by atomic mass is 32.2. The zero-order valence-corrected chi connectivity index (χ0v) is 15.8. The van der Waals surface area contributed by atoms with Crippen LogP contribution in [0.2, 0.25) is 0 Å². The molecule has 1 aliphatic heterocycles. The van der Waals surface area contributed by atoms with Crippen LogP contribution in [0.25, 0.3) is 5.82 Å². The molecule has 1 saturated heterocycles. The first-order valence-electron chi connectivity index (χ1n) is 8.88. The molecule has 2 aromatic heterocycles. The maximum Gasteiger partial charge on any atom is 0.240 e. The number of benzene rings is 1. The van der Waals surface area contributed by atoms with E-state index >= 15 is 0 Å². The van der Waals surface area contributed by atoms with Crippen LogP contribution in [-0.4, -0.2) is 35.6 Å². The van der Waals surface area contributed by atoms with E-state index < -0.39 is 10.0 Å². The third-order valence-electron chi connectivity index (χ3n) is 4.57. The second-order valence-corrected chi connectivity index (χ2v) is 8.17. The van der Waals surface area contributed by atoms with Crippen molar-refractivity contribution >= 4 is 21.6 Å². The summed E-state index contributed by atoms with van der Waals surface area (Å²) in [7, 11) is -3.71. The molecule has 0 unspecified atom stereocenters. The van der Waals surface area contributed by atoms with Crippen LogP contribution in [0.1, 0.15) is 18.4 Å². The van der Waals surface area contributed by atoms with Gasteiger partial charge in [0.05, 0.1) is 4.90 Å². The third kappa shape index (κ3) is 3.67. The van der Waals surface area contributed by atoms with Crippen LogP contribution in [0.3, 0.4) is 0 Å². The van der Waals surface area contributed by atoms with Gasteiger partial charge in [0, 0.05) is 49.4 Å². The minimum absolute atomic E-state index is 0.0662. The molecule has 1 aliphatic rings. The van der Waals surface area contributed by atoms with Crippen molar-refractivity contribution in [1.29, 1.82) is 0 Å². The van der Waals surface area contributed by atoms with Crippen molar-refractivity contribution in [3.63, 3.8) is 0 Å². The highest BCUT2D eigenvalue weighted by Gasteiger charge is 2.22. The van der Waals surface area contributed by atoms with E-state index in [0.717, 1.165) is 12.1 Å². The van der Waals surface area contributed by atoms with E-state index in [0.29, 0.717) is 24.3 Å². The molecule has 1 amide bonds. The molecule has 8 nitrogen and oxygen atoms in total. The number of sulfonamides is 1. The Balaban J connectivity index is 1.50. The quantitative estimate of drug-likeness (QED) is 0.685. The number of hydrogen-bond donors (Lipinski definition) is 1. The Morgan fingerprint density at radius 2 is 1.89 bits per heavy atom. The predicted octanol–water partition coefficient (Wildman–Crippen LogP) is 1.87. The van der Waals surface area contributed by atoms with Gasteiger partial charge in [-0.25, -0.2) is 22.8 Å². The summed E-state index contributed by atoms with van der Waals surface area (Å²) in [6.45, 7) is 0.748. The van der Waals surface area contributed by atoms with Gasteiger partial charge in [0.15, 0.2) is 5.82 Å². The fraction of sp³-hybridized carbons (Fsp3) is 0.211. The first kappa shape index (κ1) is 18.3. The van der Waals surface area contributed by atoms with Crippen molar-refractivity contribution in [2.45, 2.75) is 24.3 Å². The highest BCUT2D eigenvalue weighted by molar-refractivity contribution is 7.89. The third-order valence-corrected chi connectivity index (χ3v) is 5.99. The fourth-order valence-corrected chi connectivity index (χ4v) is 4.16. The van der Waals surface area contributed by atoms with Gasteiger partial charge in [0.2, 0.25) is 15.9 Å². The van der Waals surface area contributed by atoms with Crippen molar-refractivity contribution in [3.05, 3.63) is 66.6 Å². The molecule has 3 heterocycles. The lowest BCUT2D eigenvalue weighted by Crippen LogP contribution is -2.25. The van der Waals surface area contributed by atoms with Gasteiger partial charge in [-0.3, -0.25) is 4.79 Å². The molecule has 144 valence electrons. The zero-order chi connectivity index (χ0) is 19.6. The molecular weight excluding hydrogens is 378 g/mol. The average molecular weight is 397 g/mol. The minimum Gasteiger partial charge on any atom is -0.312 e. The summed E-state index contributed by atoms with van der Waals surface area (Å²) in [5.74, 6) is 0.634. The van der Waals surface area contributed by atoms with Gasteiger partial charge >= 0.3 is 0 Å². The second kappa shape index (κ2) is 7.53. The van der Waals surface area contributed by atoms with Crippen molar-refractivity contribution in [2.75, 3.05) is 11.4 Å². The topological polar surface area (TPSA) is 97.2 Å². The van der Waals surface area contributed by atoms with E-state index in [4.69, 9.17) is 0 Å². The van der Waals surface area contributed by atoms with Crippen LogP contribution < -0.4 is 9.62 Å². The van der Waals surface area contributed by atoms with Crippen molar-refractivity contribution in [2.24, 2.45) is 0 Å². The first-order valence-corrected chi connectivity index (χ1v) is 10.4. The van der Waals surface area contributed by atoms with E-state index in [1.54, 1.807) is 58.5 Å². The van der Waals surface area contributed by atoms with E-state index in [1.165, 1.54) is 12.1 Å². The first-order chi connectivity index (χ1) is 13.5. The number of rotatable bonds is 6. The summed E-state index contributed by atoms with van der Waals surface area (Å²) < 4.78 is 29.5. The molecule has 0 atom stereocenters. The number of hydrogen-bond acceptors (Lipinski definition) is 5. The van der Waals surface area contributed by atoms with Gasteiger partial charge < -0.3 is 4.90 Å². The molecule has 0 saturated carbocycles. The molecule has 4 rings (SSSR count). The molecule has 1 fully saturated rings. The summed E-state index contributed by atoms with van der Waals surface area (Å²) in [4.78, 5) is 17.9. The summed E-state index contributed by atoms with van der Waals surface area (Å²) in [6.07, 6.45) is 6.37. The van der Waals surface area contributed by atoms with E-state index in [-0.39, 0.29) is 17.3 Å². The largest absolute Gasteiger partial charge is 0.312 e. The molecule has 1 N–H and O–H groups in total. The van der Waals surface area contributed by atoms with Crippen LogP contribution in [0.15, 0.2) is 66.0 Å². The van der Waals surface area contributed by atoms with Gasteiger partial charge in [-0.2, -0.15) is 5.10 Å². The summed E-state index contributed by atoms with van der Waals surface area (Å²) in [5, 5.41) is 4.15. The normalized spacial score (nSPS) is 14.6. The number of aromatic nitrogens is 3. The van der Waals surface area contributed by atoms with Crippen LogP contribution >= 0.6 is 0 Å². The Morgan fingerprint density at radius 3 is 2.57 bits per heavy atom. The molecule has 9 heteroatoms. The van der Waals surface area contributed by atoms with Gasteiger partial charge in [-0.15, -0.1) is 0 Å². The number of nitrogens with zero attached hydrogens (tertiary/aromatic N) is 4. The lowest BCUT2D eigenvalue weighted by molar-refractivity contribution is -0.117. The summed E-state index contributed by atoms with van der Waals surface area (Å²) >= 11 is 0. The van der Waals surface area contributed by atoms with Crippen molar-refractivity contribution in [3.8, 4) is 5.82 Å². The van der Waals surface area contributed by atoms with Crippen LogP contribution in [-0.2, 0) is 21.4 Å². The van der Waals surface area contributed by atoms with E-state index in [1.807, 2.05) is 0 Å². The Kier molecular flexibility index (Phi) is 4.93. The number of anilines is 1. The smallest absolute Gasteiger partial charge is 0.240 e. The Hall–Kier alpha value is -3.04. The highest BCUT2D eigenvalue weighted by Crippen LogP contribution is 2.23. The maximum absolute atomic E-state index is 12.7. The van der Waals surface area contributed by atoms with Gasteiger partial charge in [-0.1, -0.05) is 6.07 Å². The SMILES string of the molecule is O=C1CCCN1c1ccc(S(=O)(=O)NCc2cccnc2-n2cccn2)cc1. The van der Waals surface area contributed by atoms with Crippen molar-refractivity contribution < 1.29 is 13.2 Å². The molecule has 0 radical (unpaired) electrons. The zero-order valence-electron chi connectivity index (χ0n) is 15.0. The van der Waals surface area contributed by atoms with Gasteiger partial charge in [-0.05, 0) is 42.8 Å². The Bertz CT molecular complexity index is 1080. The number of pyridine rings is 1. The van der Waals surface area contributed by atoms with Crippen LogP contribution in [0.4, 0.5) is 5.69 Å². The van der Waals surface area contributed by atoms with Crippen molar-refractivity contribution in [1.82, 2.24) is 19.5 Å². The molecule has 1 aromatic carbocycles. The number of carbonyl (C=O) groups is 1. The monoisotopic (exact) mass is 397 g/mol. The fourth-order valence-electron chi connectivity index (χ4n) is 3.15. The molecule has 28 heavy (non-hydrogen) atoms. The lowest BCUT2D eigenvalue weighted by Gasteiger charge is -2.16. The standard InChI is InChI=1S/C19H19N5O3S/c25-18-5-2-12-23(18)16-6-8-17(9-7-16)28(26,27)22-14-15-4-1-10-20-19(15)24-13-3-11-21-24/h1,3-4,6-11,13,22H,2,5,12,14H2. The Morgan fingerprint density at radius 1 is 1.07 bits per heavy atom. The molecule has 0 aliphatic carbocycles. The molecule has 0 spiro atoms. The Labute approximate surface area is 162 Å². The van der Waals surface area contributed by atoms with Crippen LogP contribution in [0.5, 0.6) is 0 Å². The molecule has 0 bridgehead atoms. The minimum atomic E-state index is -3.71. The summed E-state index contributed by atoms with van der Waals surface area (Å²) in [6, 6.07) is 11.7. The van der Waals surface area contributed by atoms with Crippen LogP contribution in [0, 0.1) is 0 Å². The second-order valence-electron chi connectivity index (χ2n) is 6.40. The number of nitrogens with one attached hydrogen (secondary N) is 1. The summed E-state index contributed by atoms with van der Waals surface area (Å²) in [5.41, 5.74) is 1.42. The maximum atomic E-state index is 12.7. The lowest BCUT2D eigenvalue weighted by atomic mass is 10.2. The average Bonchev–Trinajstić information content (AvgIpc) is 3.39. The van der Waals surface area contributed by atoms with E-state index in [2.05, 4.69) is 14.8 Å². The van der Waals surface area contributed by atoms with E-state index in [9.17, 15) is 13.2 Å². The van der Waals surface area contributed by atoms with Gasteiger partial charge in [0.25, 0.3) is 0 Å². The molecule has 3 aromatic rings. The van der Waals surface area contributed by atoms with Gasteiger partial charge in [0.1, 0.15) is 0 Å². The molecular formula is C19H19N5O3S. The number of carbonyl (C=O) groups excluding carboxylic acids is 1. The number of amides is 1.